The molecule has 35 heavy (non-hydrogen) atoms. The van der Waals surface area contributed by atoms with Crippen LogP contribution in [0.3, 0.4) is 0 Å². The third-order valence-corrected chi connectivity index (χ3v) is 5.76. The van der Waals surface area contributed by atoms with Crippen LogP contribution in [0.2, 0.25) is 5.02 Å². The largest absolute Gasteiger partial charge is 0.488 e. The fourth-order valence-corrected chi connectivity index (χ4v) is 3.73. The Morgan fingerprint density at radius 3 is 2.49 bits per heavy atom. The van der Waals surface area contributed by atoms with Crippen LogP contribution in [0.25, 0.3) is 17.5 Å². The summed E-state index contributed by atoms with van der Waals surface area (Å²) in [6, 6.07) is 19.7. The first-order valence-electron chi connectivity index (χ1n) is 10.1. The van der Waals surface area contributed by atoms with Crippen molar-refractivity contribution in [2.45, 2.75) is 11.8 Å². The Morgan fingerprint density at radius 2 is 1.80 bits per heavy atom. The van der Waals surface area contributed by atoms with E-state index in [1.165, 1.54) is 18.2 Å². The number of aliphatic carboxylic acids is 1. The van der Waals surface area contributed by atoms with Crippen LogP contribution >= 0.6 is 23.4 Å². The highest BCUT2D eigenvalue weighted by molar-refractivity contribution is 8.03. The van der Waals surface area contributed by atoms with E-state index in [-0.39, 0.29) is 28.3 Å². The van der Waals surface area contributed by atoms with Gasteiger partial charge in [-0.2, -0.15) is 0 Å². The third-order valence-electron chi connectivity index (χ3n) is 4.65. The minimum absolute atomic E-state index is 0.0135. The molecule has 0 saturated heterocycles. The summed E-state index contributed by atoms with van der Waals surface area (Å²) in [5.74, 6) is -0.496. The van der Waals surface area contributed by atoms with Gasteiger partial charge in [-0.1, -0.05) is 29.8 Å². The summed E-state index contributed by atoms with van der Waals surface area (Å²) in [4.78, 5) is 22.2. The number of para-hydroxylation sites is 1. The molecule has 0 radical (unpaired) electrons. The highest BCUT2D eigenvalue weighted by Gasteiger charge is 2.17. The number of halogens is 1. The molecule has 4 aromatic rings. The van der Waals surface area contributed by atoms with Crippen molar-refractivity contribution < 1.29 is 24.0 Å². The number of carboxylic acids is 1. The van der Waals surface area contributed by atoms with Crippen molar-refractivity contribution in [3.63, 3.8) is 0 Å². The number of nitro benzene ring substituents is 1. The fourth-order valence-electron chi connectivity index (χ4n) is 2.94. The molecule has 0 aliphatic rings. The van der Waals surface area contributed by atoms with E-state index in [1.54, 1.807) is 60.7 Å². The Balaban J connectivity index is 1.51. The number of nitrogens with zero attached hydrogens (tertiary/aromatic N) is 3. The fraction of sp³-hybridized carbons (Fsp3) is 0.0417. The highest BCUT2D eigenvalue weighted by atomic mass is 35.5. The highest BCUT2D eigenvalue weighted by Crippen LogP contribution is 2.32. The second-order valence-corrected chi connectivity index (χ2v) is 8.48. The van der Waals surface area contributed by atoms with Gasteiger partial charge in [-0.05, 0) is 65.9 Å². The standard InChI is InChI=1S/C24H16ClN3O6S/c25-18-9-7-16(8-10-18)22-26-27-24(34-22)35-21(23(29)30)13-17-3-1-2-4-20(17)33-14-15-5-11-19(12-6-15)28(31)32/h1-13H,14H2,(H,29,30)/b21-13-. The van der Waals surface area contributed by atoms with Gasteiger partial charge in [0.25, 0.3) is 10.9 Å². The SMILES string of the molecule is O=C(O)/C(=C/c1ccccc1OCc1ccc([N+](=O)[O-])cc1)Sc1nnc(-c2ccc(Cl)cc2)o1. The first kappa shape index (κ1) is 24.0. The van der Waals surface area contributed by atoms with Gasteiger partial charge in [0.15, 0.2) is 0 Å². The number of aromatic nitrogens is 2. The first-order chi connectivity index (χ1) is 16.9. The molecule has 0 aliphatic carbocycles. The van der Waals surface area contributed by atoms with E-state index in [4.69, 9.17) is 20.8 Å². The van der Waals surface area contributed by atoms with Crippen molar-refractivity contribution in [3.8, 4) is 17.2 Å². The summed E-state index contributed by atoms with van der Waals surface area (Å²) < 4.78 is 11.5. The van der Waals surface area contributed by atoms with E-state index in [0.29, 0.717) is 21.9 Å². The van der Waals surface area contributed by atoms with E-state index in [9.17, 15) is 20.0 Å². The molecule has 0 saturated carbocycles. The molecule has 4 rings (SSSR count). The lowest BCUT2D eigenvalue weighted by molar-refractivity contribution is -0.384. The van der Waals surface area contributed by atoms with Gasteiger partial charge < -0.3 is 14.3 Å². The predicted octanol–water partition coefficient (Wildman–Crippen LogP) is 6.10. The molecule has 0 bridgehead atoms. The number of hydrogen-bond donors (Lipinski definition) is 1. The van der Waals surface area contributed by atoms with Gasteiger partial charge in [0.05, 0.1) is 4.92 Å². The van der Waals surface area contributed by atoms with Gasteiger partial charge in [-0.25, -0.2) is 4.79 Å². The zero-order valence-electron chi connectivity index (χ0n) is 17.8. The van der Waals surface area contributed by atoms with E-state index in [1.807, 2.05) is 0 Å². The number of carbonyl (C=O) groups is 1. The number of ether oxygens (including phenoxy) is 1. The maximum atomic E-state index is 11.9. The number of nitro groups is 1. The monoisotopic (exact) mass is 509 g/mol. The molecule has 0 fully saturated rings. The lowest BCUT2D eigenvalue weighted by Crippen LogP contribution is -1.99. The number of hydrogen-bond acceptors (Lipinski definition) is 8. The number of rotatable bonds is 9. The topological polar surface area (TPSA) is 129 Å². The van der Waals surface area contributed by atoms with Crippen molar-refractivity contribution >= 4 is 41.1 Å². The molecule has 9 nitrogen and oxygen atoms in total. The number of benzene rings is 3. The van der Waals surface area contributed by atoms with Crippen molar-refractivity contribution in [2.75, 3.05) is 0 Å². The Bertz CT molecular complexity index is 1390. The third kappa shape index (κ3) is 6.25. The van der Waals surface area contributed by atoms with Gasteiger partial charge in [-0.15, -0.1) is 10.2 Å². The number of non-ortho nitro benzene ring substituents is 1. The summed E-state index contributed by atoms with van der Waals surface area (Å²) >= 11 is 6.71. The Morgan fingerprint density at radius 1 is 1.09 bits per heavy atom. The summed E-state index contributed by atoms with van der Waals surface area (Å²) in [5, 5.41) is 29.1. The van der Waals surface area contributed by atoms with Crippen LogP contribution in [0.15, 0.2) is 87.3 Å². The molecule has 0 unspecified atom stereocenters. The molecule has 3 aromatic carbocycles. The van der Waals surface area contributed by atoms with Crippen LogP contribution < -0.4 is 4.74 Å². The smallest absolute Gasteiger partial charge is 0.342 e. The van der Waals surface area contributed by atoms with E-state index in [0.717, 1.165) is 17.3 Å². The molecule has 0 aliphatic heterocycles. The van der Waals surface area contributed by atoms with Gasteiger partial charge in [0.2, 0.25) is 5.89 Å². The maximum absolute atomic E-state index is 11.9. The lowest BCUT2D eigenvalue weighted by Gasteiger charge is -2.10. The zero-order chi connectivity index (χ0) is 24.8. The normalized spacial score (nSPS) is 11.3. The molecular formula is C24H16ClN3O6S. The Kier molecular flexibility index (Phi) is 7.44. The lowest BCUT2D eigenvalue weighted by atomic mass is 10.2. The molecule has 0 amide bonds. The molecular weight excluding hydrogens is 494 g/mol. The van der Waals surface area contributed by atoms with Gasteiger partial charge in [0, 0.05) is 28.3 Å². The Labute approximate surface area is 208 Å². The van der Waals surface area contributed by atoms with Gasteiger partial charge >= 0.3 is 5.97 Å². The summed E-state index contributed by atoms with van der Waals surface area (Å²) in [6.45, 7) is 0.145. The second-order valence-electron chi connectivity index (χ2n) is 7.05. The van der Waals surface area contributed by atoms with E-state index in [2.05, 4.69) is 10.2 Å². The molecule has 176 valence electrons. The maximum Gasteiger partial charge on any atom is 0.342 e. The summed E-state index contributed by atoms with van der Waals surface area (Å²) in [6.07, 6.45) is 1.45. The summed E-state index contributed by atoms with van der Waals surface area (Å²) in [5.41, 5.74) is 1.89. The molecule has 0 atom stereocenters. The van der Waals surface area contributed by atoms with Crippen LogP contribution in [0, 0.1) is 10.1 Å². The Hall–Kier alpha value is -4.15. The number of thioether (sulfide) groups is 1. The zero-order valence-corrected chi connectivity index (χ0v) is 19.4. The van der Waals surface area contributed by atoms with Crippen molar-refractivity contribution in [1.82, 2.24) is 10.2 Å². The van der Waals surface area contributed by atoms with Crippen LogP contribution in [-0.4, -0.2) is 26.2 Å². The number of carboxylic acid groups (broad SMARTS) is 1. The minimum atomic E-state index is -1.17. The van der Waals surface area contributed by atoms with Crippen LogP contribution in [0.5, 0.6) is 5.75 Å². The van der Waals surface area contributed by atoms with Crippen molar-refractivity contribution in [3.05, 3.63) is 104 Å². The average Bonchev–Trinajstić information content (AvgIpc) is 3.32. The van der Waals surface area contributed by atoms with Crippen molar-refractivity contribution in [2.24, 2.45) is 0 Å². The van der Waals surface area contributed by atoms with Crippen molar-refractivity contribution in [1.29, 1.82) is 0 Å². The average molecular weight is 510 g/mol. The van der Waals surface area contributed by atoms with E-state index < -0.39 is 10.9 Å². The molecule has 11 heteroatoms. The minimum Gasteiger partial charge on any atom is -0.488 e. The second kappa shape index (κ2) is 10.9. The molecule has 1 N–H and O–H groups in total. The van der Waals surface area contributed by atoms with Gasteiger partial charge in [-0.3, -0.25) is 10.1 Å². The summed E-state index contributed by atoms with van der Waals surface area (Å²) in [7, 11) is 0. The van der Waals surface area contributed by atoms with E-state index >= 15 is 0 Å². The quantitative estimate of drug-likeness (QED) is 0.123. The predicted molar refractivity (Wildman–Crippen MR) is 130 cm³/mol. The van der Waals surface area contributed by atoms with Crippen LogP contribution in [-0.2, 0) is 11.4 Å². The van der Waals surface area contributed by atoms with Crippen LogP contribution in [0.4, 0.5) is 5.69 Å². The molecule has 1 heterocycles. The van der Waals surface area contributed by atoms with Gasteiger partial charge in [0.1, 0.15) is 17.3 Å². The van der Waals surface area contributed by atoms with Crippen LogP contribution in [0.1, 0.15) is 11.1 Å². The first-order valence-corrected chi connectivity index (χ1v) is 11.3. The molecule has 0 spiro atoms. The molecule has 1 aromatic heterocycles.